The Labute approximate surface area is 186 Å². The van der Waals surface area contributed by atoms with Gasteiger partial charge in [0.1, 0.15) is 0 Å². The summed E-state index contributed by atoms with van der Waals surface area (Å²) in [6.45, 7) is 5.15. The molecule has 1 amide bonds. The molecule has 0 fully saturated rings. The maximum atomic E-state index is 13.0. The number of amides is 1. The number of benzene rings is 2. The molecule has 0 aromatic heterocycles. The van der Waals surface area contributed by atoms with Gasteiger partial charge in [0.25, 0.3) is 5.91 Å². The second-order valence-electron chi connectivity index (χ2n) is 6.56. The van der Waals surface area contributed by atoms with E-state index < -0.39 is 17.8 Å². The van der Waals surface area contributed by atoms with Crippen LogP contribution in [0.15, 0.2) is 51.5 Å². The van der Waals surface area contributed by atoms with Crippen LogP contribution in [-0.4, -0.2) is 35.3 Å². The summed E-state index contributed by atoms with van der Waals surface area (Å²) in [6, 6.07) is 9.25. The summed E-state index contributed by atoms with van der Waals surface area (Å²) in [4.78, 5) is 35.6. The number of hydrazone groups is 1. The number of aromatic carboxylic acids is 1. The van der Waals surface area contributed by atoms with Gasteiger partial charge in [-0.15, -0.1) is 0 Å². The Kier molecular flexibility index (Phi) is 6.55. The van der Waals surface area contributed by atoms with E-state index in [0.717, 1.165) is 5.01 Å². The fraction of sp³-hybridized carbons (Fsp3) is 0.182. The predicted octanol–water partition coefficient (Wildman–Crippen LogP) is 4.28. The van der Waals surface area contributed by atoms with Gasteiger partial charge in [-0.25, -0.2) is 4.79 Å². The molecule has 1 N–H and O–H groups in total. The minimum atomic E-state index is -1.09. The molecule has 2 aromatic carbocycles. The summed E-state index contributed by atoms with van der Waals surface area (Å²) in [5.74, 6) is -1.34. The molecule has 9 heteroatoms. The summed E-state index contributed by atoms with van der Waals surface area (Å²) < 4.78 is 11.3. The summed E-state index contributed by atoms with van der Waals surface area (Å²) in [7, 11) is 0. The van der Waals surface area contributed by atoms with E-state index >= 15 is 0 Å². The standard InChI is InChI=1S/C22H19BrN2O6/c1-4-30-19-10-15(18(23)11-20(19)31-13(3)26)9-17-12(2)24-25(21(17)27)16-7-5-6-14(8-16)22(28)29/h5-11H,4H2,1-3H3,(H,28,29)/b17-9+. The second kappa shape index (κ2) is 9.13. The monoisotopic (exact) mass is 486 g/mol. The van der Waals surface area contributed by atoms with E-state index in [1.807, 2.05) is 0 Å². The highest BCUT2D eigenvalue weighted by molar-refractivity contribution is 9.10. The minimum Gasteiger partial charge on any atom is -0.490 e. The Morgan fingerprint density at radius 1 is 1.23 bits per heavy atom. The number of anilines is 1. The molecule has 31 heavy (non-hydrogen) atoms. The molecule has 0 bridgehead atoms. The Balaban J connectivity index is 1.99. The Morgan fingerprint density at radius 2 is 1.97 bits per heavy atom. The number of carbonyl (C=O) groups is 3. The van der Waals surface area contributed by atoms with Gasteiger partial charge in [-0.1, -0.05) is 22.0 Å². The van der Waals surface area contributed by atoms with Crippen LogP contribution in [0.5, 0.6) is 11.5 Å². The minimum absolute atomic E-state index is 0.0562. The molecule has 1 aliphatic heterocycles. The van der Waals surface area contributed by atoms with Crippen molar-refractivity contribution in [2.24, 2.45) is 5.10 Å². The van der Waals surface area contributed by atoms with Crippen LogP contribution in [0.1, 0.15) is 36.7 Å². The number of halogens is 1. The van der Waals surface area contributed by atoms with Gasteiger partial charge in [0.2, 0.25) is 0 Å². The van der Waals surface area contributed by atoms with Gasteiger partial charge in [0, 0.05) is 11.4 Å². The fourth-order valence-corrected chi connectivity index (χ4v) is 3.39. The Morgan fingerprint density at radius 3 is 2.61 bits per heavy atom. The number of rotatable bonds is 6. The molecule has 1 aliphatic rings. The quantitative estimate of drug-likeness (QED) is 0.371. The topological polar surface area (TPSA) is 106 Å². The smallest absolute Gasteiger partial charge is 0.335 e. The first-order chi connectivity index (χ1) is 14.7. The van der Waals surface area contributed by atoms with Gasteiger partial charge in [0.15, 0.2) is 11.5 Å². The number of carboxylic acid groups (broad SMARTS) is 1. The van der Waals surface area contributed by atoms with Crippen molar-refractivity contribution in [3.05, 3.63) is 57.6 Å². The van der Waals surface area contributed by atoms with E-state index in [9.17, 15) is 19.5 Å². The molecule has 0 spiro atoms. The van der Waals surface area contributed by atoms with Crippen molar-refractivity contribution in [2.45, 2.75) is 20.8 Å². The van der Waals surface area contributed by atoms with Crippen LogP contribution >= 0.6 is 15.9 Å². The van der Waals surface area contributed by atoms with Crippen LogP contribution in [-0.2, 0) is 9.59 Å². The molecule has 0 saturated carbocycles. The van der Waals surface area contributed by atoms with Crippen LogP contribution in [0.3, 0.4) is 0 Å². The number of esters is 1. The number of ether oxygens (including phenoxy) is 2. The van der Waals surface area contributed by atoms with E-state index in [1.165, 1.54) is 19.1 Å². The molecule has 2 aromatic rings. The first kappa shape index (κ1) is 22.2. The van der Waals surface area contributed by atoms with Gasteiger partial charge in [-0.2, -0.15) is 10.1 Å². The number of carboxylic acids is 1. The van der Waals surface area contributed by atoms with Crippen LogP contribution in [0.2, 0.25) is 0 Å². The largest absolute Gasteiger partial charge is 0.490 e. The molecular weight excluding hydrogens is 468 g/mol. The van der Waals surface area contributed by atoms with E-state index in [-0.39, 0.29) is 11.3 Å². The lowest BCUT2D eigenvalue weighted by Crippen LogP contribution is -2.21. The highest BCUT2D eigenvalue weighted by Crippen LogP contribution is 2.36. The maximum absolute atomic E-state index is 13.0. The normalized spacial score (nSPS) is 14.6. The Bertz CT molecular complexity index is 1140. The predicted molar refractivity (Wildman–Crippen MR) is 119 cm³/mol. The lowest BCUT2D eigenvalue weighted by atomic mass is 10.1. The molecule has 0 atom stereocenters. The first-order valence-electron chi connectivity index (χ1n) is 9.31. The SMILES string of the molecule is CCOc1cc(/C=C2/C(=O)N(c3cccc(C(=O)O)c3)N=C2C)c(Br)cc1OC(C)=O. The summed E-state index contributed by atoms with van der Waals surface area (Å²) in [6.07, 6.45) is 1.65. The number of hydrogen-bond donors (Lipinski definition) is 1. The molecule has 0 saturated heterocycles. The van der Waals surface area contributed by atoms with Crippen LogP contribution < -0.4 is 14.5 Å². The highest BCUT2D eigenvalue weighted by atomic mass is 79.9. The molecule has 1 heterocycles. The maximum Gasteiger partial charge on any atom is 0.335 e. The second-order valence-corrected chi connectivity index (χ2v) is 7.42. The molecule has 0 unspecified atom stereocenters. The van der Waals surface area contributed by atoms with Gasteiger partial charge in [-0.3, -0.25) is 9.59 Å². The number of carbonyl (C=O) groups excluding carboxylic acids is 2. The fourth-order valence-electron chi connectivity index (χ4n) is 2.95. The Hall–Kier alpha value is -3.46. The van der Waals surface area contributed by atoms with Gasteiger partial charge in [0.05, 0.1) is 29.1 Å². The zero-order valence-electron chi connectivity index (χ0n) is 17.0. The van der Waals surface area contributed by atoms with Crippen molar-refractivity contribution in [3.8, 4) is 11.5 Å². The number of hydrogen-bond acceptors (Lipinski definition) is 6. The first-order valence-corrected chi connectivity index (χ1v) is 10.1. The van der Waals surface area contributed by atoms with Crippen molar-refractivity contribution in [1.82, 2.24) is 0 Å². The van der Waals surface area contributed by atoms with Crippen LogP contribution in [0.4, 0.5) is 5.69 Å². The highest BCUT2D eigenvalue weighted by Gasteiger charge is 2.29. The molecule has 3 rings (SSSR count). The summed E-state index contributed by atoms with van der Waals surface area (Å²) in [5, 5.41) is 14.6. The zero-order valence-corrected chi connectivity index (χ0v) is 18.6. The average molecular weight is 487 g/mol. The van der Waals surface area contributed by atoms with Crippen molar-refractivity contribution >= 4 is 51.3 Å². The molecular formula is C22H19BrN2O6. The average Bonchev–Trinajstić information content (AvgIpc) is 2.99. The van der Waals surface area contributed by atoms with Gasteiger partial charge < -0.3 is 14.6 Å². The van der Waals surface area contributed by atoms with Gasteiger partial charge >= 0.3 is 11.9 Å². The third-order valence-corrected chi connectivity index (χ3v) is 5.00. The molecule has 160 valence electrons. The van der Waals surface area contributed by atoms with E-state index in [2.05, 4.69) is 21.0 Å². The molecule has 8 nitrogen and oxygen atoms in total. The van der Waals surface area contributed by atoms with E-state index in [0.29, 0.717) is 39.4 Å². The zero-order chi connectivity index (χ0) is 22.7. The van der Waals surface area contributed by atoms with Crippen molar-refractivity contribution < 1.29 is 29.0 Å². The van der Waals surface area contributed by atoms with Gasteiger partial charge in [-0.05, 0) is 55.8 Å². The van der Waals surface area contributed by atoms with E-state index in [1.54, 1.807) is 44.2 Å². The summed E-state index contributed by atoms with van der Waals surface area (Å²) >= 11 is 3.43. The lowest BCUT2D eigenvalue weighted by Gasteiger charge is -2.13. The number of nitrogens with zero attached hydrogens (tertiary/aromatic N) is 2. The van der Waals surface area contributed by atoms with E-state index in [4.69, 9.17) is 9.47 Å². The molecule has 0 aliphatic carbocycles. The lowest BCUT2D eigenvalue weighted by molar-refractivity contribution is -0.132. The van der Waals surface area contributed by atoms with Crippen LogP contribution in [0, 0.1) is 0 Å². The third-order valence-electron chi connectivity index (χ3n) is 4.32. The van der Waals surface area contributed by atoms with Crippen molar-refractivity contribution in [1.29, 1.82) is 0 Å². The molecule has 0 radical (unpaired) electrons. The van der Waals surface area contributed by atoms with Crippen molar-refractivity contribution in [3.63, 3.8) is 0 Å². The van der Waals surface area contributed by atoms with Crippen LogP contribution in [0.25, 0.3) is 6.08 Å². The summed E-state index contributed by atoms with van der Waals surface area (Å²) in [5.41, 5.74) is 1.84. The third kappa shape index (κ3) is 4.83. The van der Waals surface area contributed by atoms with Crippen molar-refractivity contribution in [2.75, 3.05) is 11.6 Å².